The van der Waals surface area contributed by atoms with Gasteiger partial charge in [0, 0.05) is 55.4 Å². The first-order chi connectivity index (χ1) is 36.5. The number of anilines is 6. The molecule has 0 aliphatic heterocycles. The number of aryl methyl sites for hydroxylation is 2. The third-order valence-electron chi connectivity index (χ3n) is 15.4. The summed E-state index contributed by atoms with van der Waals surface area (Å²) in [6, 6.07) is 87.6. The highest BCUT2D eigenvalue weighted by Crippen LogP contribution is 2.53. The summed E-state index contributed by atoms with van der Waals surface area (Å²) in [5.74, 6) is 0. The molecule has 74 heavy (non-hydrogen) atoms. The molecule has 0 saturated heterocycles. The summed E-state index contributed by atoms with van der Waals surface area (Å²) >= 11 is 0. The molecule has 1 aliphatic rings. The zero-order valence-corrected chi connectivity index (χ0v) is 40.8. The van der Waals surface area contributed by atoms with Crippen LogP contribution in [0.4, 0.5) is 34.1 Å². The van der Waals surface area contributed by atoms with Gasteiger partial charge in [-0.25, -0.2) is 0 Å². The number of rotatable bonds is 8. The quantitative estimate of drug-likeness (QED) is 0.152. The Morgan fingerprint density at radius 2 is 0.595 bits per heavy atom. The first kappa shape index (κ1) is 42.1. The van der Waals surface area contributed by atoms with E-state index in [1.54, 1.807) is 0 Å². The maximum Gasteiger partial charge on any atom is 0.159 e. The Hall–Kier alpha value is -9.64. The second-order valence-electron chi connectivity index (χ2n) is 19.7. The van der Waals surface area contributed by atoms with Crippen molar-refractivity contribution in [1.29, 1.82) is 0 Å². The summed E-state index contributed by atoms with van der Waals surface area (Å²) in [6.07, 6.45) is 0. The Morgan fingerprint density at radius 3 is 1.01 bits per heavy atom. The van der Waals surface area contributed by atoms with Crippen molar-refractivity contribution in [2.75, 3.05) is 9.80 Å². The molecule has 12 aromatic carbocycles. The first-order valence-corrected chi connectivity index (χ1v) is 25.4. The van der Waals surface area contributed by atoms with Crippen LogP contribution in [-0.4, -0.2) is 0 Å². The summed E-state index contributed by atoms with van der Waals surface area (Å²) in [6.45, 7) is 4.33. The summed E-state index contributed by atoms with van der Waals surface area (Å²) in [5.41, 5.74) is 21.9. The Balaban J connectivity index is 0.821. The van der Waals surface area contributed by atoms with Crippen molar-refractivity contribution < 1.29 is 8.83 Å². The predicted octanol–water partition coefficient (Wildman–Crippen LogP) is 20.3. The van der Waals surface area contributed by atoms with Gasteiger partial charge in [-0.05, 0) is 165 Å². The Bertz CT molecular complexity index is 4280. The van der Waals surface area contributed by atoms with Gasteiger partial charge in [0.15, 0.2) is 11.2 Å². The van der Waals surface area contributed by atoms with Gasteiger partial charge in [0.1, 0.15) is 11.2 Å². The molecule has 14 aromatic rings. The zero-order chi connectivity index (χ0) is 49.0. The van der Waals surface area contributed by atoms with E-state index in [1.165, 1.54) is 66.1 Å². The van der Waals surface area contributed by atoms with Gasteiger partial charge in [-0.1, -0.05) is 158 Å². The lowest BCUT2D eigenvalue weighted by Gasteiger charge is -2.28. The van der Waals surface area contributed by atoms with Crippen LogP contribution >= 0.6 is 0 Å². The third-order valence-corrected chi connectivity index (χ3v) is 15.4. The van der Waals surface area contributed by atoms with Gasteiger partial charge in [0.05, 0.1) is 11.4 Å². The predicted molar refractivity (Wildman–Crippen MR) is 310 cm³/mol. The molecule has 4 heteroatoms. The van der Waals surface area contributed by atoms with Gasteiger partial charge in [-0.2, -0.15) is 0 Å². The van der Waals surface area contributed by atoms with Gasteiger partial charge in [-0.3, -0.25) is 0 Å². The molecule has 0 fully saturated rings. The highest BCUT2D eigenvalue weighted by molar-refractivity contribution is 6.17. The summed E-state index contributed by atoms with van der Waals surface area (Å²) in [5, 5.41) is 9.17. The second-order valence-corrected chi connectivity index (χ2v) is 19.7. The zero-order valence-electron chi connectivity index (χ0n) is 40.8. The number of hydrogen-bond donors (Lipinski definition) is 0. The van der Waals surface area contributed by atoms with Crippen molar-refractivity contribution in [1.82, 2.24) is 0 Å². The first-order valence-electron chi connectivity index (χ1n) is 25.4. The summed E-state index contributed by atoms with van der Waals surface area (Å²) in [4.78, 5) is 4.68. The van der Waals surface area contributed by atoms with E-state index < -0.39 is 0 Å². The van der Waals surface area contributed by atoms with Gasteiger partial charge >= 0.3 is 0 Å². The lowest BCUT2D eigenvalue weighted by Crippen LogP contribution is -2.10. The molecule has 0 N–H and O–H groups in total. The molecular weight excluding hydrogens is 901 g/mol. The standard InChI is InChI=1S/C70H46N2O2/c1-43-17-9-11-23-53(43)55-25-13-27-57-59-29-15-31-65(69(59)73-67(55)57)71(49-19-5-3-6-20-49)51-35-33-45-39-61-63(41-47(45)37-51)62-40-46-34-36-52(38-48(46)42-64(61)62)72(50-21-7-4-8-22-50)66-32-16-30-60-58-28-14-26-56(68(58)74-70(60)66)54-24-12-10-18-44(54)2/h3-42H,1-2H3. The Morgan fingerprint density at radius 1 is 0.243 bits per heavy atom. The van der Waals surface area contributed by atoms with Gasteiger partial charge in [0.25, 0.3) is 0 Å². The number of hydrogen-bond acceptors (Lipinski definition) is 4. The fourth-order valence-electron chi connectivity index (χ4n) is 11.8. The van der Waals surface area contributed by atoms with E-state index >= 15 is 0 Å². The smallest absolute Gasteiger partial charge is 0.159 e. The van der Waals surface area contributed by atoms with Crippen LogP contribution in [0.15, 0.2) is 251 Å². The van der Waals surface area contributed by atoms with Crippen molar-refractivity contribution in [3.05, 3.63) is 254 Å². The van der Waals surface area contributed by atoms with Crippen LogP contribution in [0, 0.1) is 13.8 Å². The van der Waals surface area contributed by atoms with Crippen molar-refractivity contribution in [2.24, 2.45) is 0 Å². The molecule has 1 aliphatic carbocycles. The maximum absolute atomic E-state index is 7.02. The number of nitrogens with zero attached hydrogens (tertiary/aromatic N) is 2. The lowest BCUT2D eigenvalue weighted by atomic mass is 9.78. The van der Waals surface area contributed by atoms with E-state index in [4.69, 9.17) is 8.83 Å². The van der Waals surface area contributed by atoms with Crippen LogP contribution in [0.1, 0.15) is 11.1 Å². The molecule has 15 rings (SSSR count). The number of furan rings is 2. The molecule has 0 bridgehead atoms. The molecular formula is C70H46N2O2. The molecule has 0 radical (unpaired) electrons. The second kappa shape index (κ2) is 16.5. The third kappa shape index (κ3) is 6.48. The van der Waals surface area contributed by atoms with Crippen LogP contribution in [0.5, 0.6) is 0 Å². The largest absolute Gasteiger partial charge is 0.453 e. The van der Waals surface area contributed by atoms with E-state index in [9.17, 15) is 0 Å². The summed E-state index contributed by atoms with van der Waals surface area (Å²) in [7, 11) is 0. The van der Waals surface area contributed by atoms with Crippen LogP contribution in [-0.2, 0) is 0 Å². The number of para-hydroxylation sites is 6. The van der Waals surface area contributed by atoms with Crippen LogP contribution < -0.4 is 9.80 Å². The highest BCUT2D eigenvalue weighted by atomic mass is 16.3. The van der Waals surface area contributed by atoms with E-state index in [-0.39, 0.29) is 0 Å². The van der Waals surface area contributed by atoms with Crippen molar-refractivity contribution in [3.8, 4) is 44.5 Å². The molecule has 0 unspecified atom stereocenters. The molecule has 0 spiro atoms. The molecule has 348 valence electrons. The molecule has 0 saturated carbocycles. The molecule has 0 atom stereocenters. The highest BCUT2D eigenvalue weighted by Gasteiger charge is 2.27. The fraction of sp³-hybridized carbons (Fsp3) is 0.0286. The lowest BCUT2D eigenvalue weighted by molar-refractivity contribution is 0.670. The molecule has 0 amide bonds. The minimum atomic E-state index is 0.861. The van der Waals surface area contributed by atoms with Crippen molar-refractivity contribution >= 4 is 99.5 Å². The fourth-order valence-corrected chi connectivity index (χ4v) is 11.8. The summed E-state index contributed by atoms with van der Waals surface area (Å²) < 4.78 is 14.0. The minimum absolute atomic E-state index is 0.861. The average molecular weight is 947 g/mol. The van der Waals surface area contributed by atoms with E-state index in [1.807, 2.05) is 0 Å². The Kier molecular flexibility index (Phi) is 9.36. The topological polar surface area (TPSA) is 32.8 Å². The van der Waals surface area contributed by atoms with Crippen LogP contribution in [0.2, 0.25) is 0 Å². The minimum Gasteiger partial charge on any atom is -0.453 e. The van der Waals surface area contributed by atoms with Gasteiger partial charge in [0.2, 0.25) is 0 Å². The van der Waals surface area contributed by atoms with Crippen LogP contribution in [0.3, 0.4) is 0 Å². The normalized spacial score (nSPS) is 11.9. The number of benzene rings is 12. The van der Waals surface area contributed by atoms with Gasteiger partial charge in [-0.15, -0.1) is 0 Å². The average Bonchev–Trinajstić information content (AvgIpc) is 4.05. The SMILES string of the molecule is Cc1ccccc1-c1cccc2c1oc1c(N(c3ccccc3)c3ccc4cc5c(cc4c3)-c3cc4ccc(N(c6ccccc6)c6cccc7c6oc6c(-c8ccccc8C)cccc67)cc4cc3-5)cccc12. The van der Waals surface area contributed by atoms with Crippen LogP contribution in [0.25, 0.3) is 110 Å². The van der Waals surface area contributed by atoms with Crippen molar-refractivity contribution in [3.63, 3.8) is 0 Å². The van der Waals surface area contributed by atoms with E-state index in [2.05, 4.69) is 266 Å². The number of fused-ring (bicyclic) bond motifs is 12. The monoisotopic (exact) mass is 946 g/mol. The molecule has 2 aromatic heterocycles. The van der Waals surface area contributed by atoms with Crippen molar-refractivity contribution in [2.45, 2.75) is 13.8 Å². The molecule has 2 heterocycles. The van der Waals surface area contributed by atoms with Gasteiger partial charge < -0.3 is 18.6 Å². The Labute approximate surface area is 428 Å². The van der Waals surface area contributed by atoms with E-state index in [0.29, 0.717) is 0 Å². The molecule has 4 nitrogen and oxygen atoms in total. The maximum atomic E-state index is 7.02. The van der Waals surface area contributed by atoms with E-state index in [0.717, 1.165) is 89.1 Å².